The second-order valence-electron chi connectivity index (χ2n) is 6.59. The first-order chi connectivity index (χ1) is 12.8. The minimum atomic E-state index is -4.40. The molecule has 142 valence electrons. The van der Waals surface area contributed by atoms with Crippen molar-refractivity contribution in [3.63, 3.8) is 0 Å². The van der Waals surface area contributed by atoms with Gasteiger partial charge < -0.3 is 10.2 Å². The lowest BCUT2D eigenvalue weighted by molar-refractivity contribution is -0.137. The summed E-state index contributed by atoms with van der Waals surface area (Å²) in [7, 11) is 0. The van der Waals surface area contributed by atoms with Gasteiger partial charge in [-0.05, 0) is 42.2 Å². The average molecular weight is 374 g/mol. The van der Waals surface area contributed by atoms with Crippen LogP contribution < -0.4 is 5.32 Å². The zero-order chi connectivity index (χ0) is 19.4. The van der Waals surface area contributed by atoms with Crippen LogP contribution in [0.1, 0.15) is 36.1 Å². The number of nitrogens with zero attached hydrogens (tertiary/aromatic N) is 1. The van der Waals surface area contributed by atoms with Gasteiger partial charge in [-0.25, -0.2) is 4.79 Å². The first-order valence-electron chi connectivity index (χ1n) is 8.81. The van der Waals surface area contributed by atoms with Crippen molar-refractivity contribution in [2.75, 3.05) is 13.1 Å². The van der Waals surface area contributed by atoms with Gasteiger partial charge in [0.05, 0.1) is 11.6 Å². The Hall–Kier alpha value is -2.76. The van der Waals surface area contributed by atoms with Crippen LogP contribution >= 0.6 is 0 Å². The highest BCUT2D eigenvalue weighted by atomic mass is 19.4. The molecule has 0 aromatic heterocycles. The number of hydrogen-bond donors (Lipinski definition) is 1. The summed E-state index contributed by atoms with van der Waals surface area (Å²) >= 11 is 0. The Morgan fingerprint density at radius 2 is 1.85 bits per heavy atom. The van der Waals surface area contributed by atoms with Gasteiger partial charge in [0.15, 0.2) is 0 Å². The quantitative estimate of drug-likeness (QED) is 0.780. The van der Waals surface area contributed by atoms with Gasteiger partial charge in [-0.15, -0.1) is 0 Å². The third-order valence-electron chi connectivity index (χ3n) is 4.69. The van der Waals surface area contributed by atoms with Crippen molar-refractivity contribution < 1.29 is 18.0 Å². The minimum Gasteiger partial charge on any atom is -0.331 e. The van der Waals surface area contributed by atoms with Crippen molar-refractivity contribution in [3.05, 3.63) is 77.4 Å². The van der Waals surface area contributed by atoms with Crippen molar-refractivity contribution in [2.24, 2.45) is 0 Å². The van der Waals surface area contributed by atoms with Crippen LogP contribution in [0.3, 0.4) is 0 Å². The first kappa shape index (κ1) is 19.0. The molecule has 27 heavy (non-hydrogen) atoms. The molecule has 6 heteroatoms. The highest BCUT2D eigenvalue weighted by Gasteiger charge is 2.31. The summed E-state index contributed by atoms with van der Waals surface area (Å²) in [6.07, 6.45) is -1.63. The maximum absolute atomic E-state index is 12.9. The third kappa shape index (κ3) is 4.70. The lowest BCUT2D eigenvalue weighted by atomic mass is 10.00. The van der Waals surface area contributed by atoms with E-state index >= 15 is 0 Å². The molecule has 3 rings (SSSR count). The largest absolute Gasteiger partial charge is 0.416 e. The molecule has 1 atom stereocenters. The van der Waals surface area contributed by atoms with Gasteiger partial charge in [0, 0.05) is 13.1 Å². The molecule has 0 saturated heterocycles. The topological polar surface area (TPSA) is 32.3 Å². The van der Waals surface area contributed by atoms with Gasteiger partial charge >= 0.3 is 12.2 Å². The molecule has 1 aliphatic rings. The van der Waals surface area contributed by atoms with Gasteiger partial charge in [0.1, 0.15) is 0 Å². The summed E-state index contributed by atoms with van der Waals surface area (Å²) < 4.78 is 38.6. The molecule has 0 aliphatic carbocycles. The Morgan fingerprint density at radius 1 is 1.11 bits per heavy atom. The van der Waals surface area contributed by atoms with Crippen molar-refractivity contribution in [2.45, 2.75) is 25.6 Å². The molecule has 0 radical (unpaired) electrons. The normalized spacial score (nSPS) is 15.9. The second kappa shape index (κ2) is 7.86. The number of urea groups is 1. The summed E-state index contributed by atoms with van der Waals surface area (Å²) in [6.45, 7) is 2.73. The maximum atomic E-state index is 12.9. The molecule has 1 heterocycles. The van der Waals surface area contributed by atoms with Crippen LogP contribution in [0.25, 0.3) is 5.57 Å². The molecule has 0 spiro atoms. The fraction of sp³-hybridized carbons (Fsp3) is 0.286. The van der Waals surface area contributed by atoms with Crippen molar-refractivity contribution >= 4 is 11.6 Å². The zero-order valence-electron chi connectivity index (χ0n) is 15.0. The Balaban J connectivity index is 1.62. The van der Waals surface area contributed by atoms with Gasteiger partial charge in [0.2, 0.25) is 0 Å². The van der Waals surface area contributed by atoms with Crippen LogP contribution in [0.15, 0.2) is 60.7 Å². The number of amides is 2. The van der Waals surface area contributed by atoms with Crippen molar-refractivity contribution in [3.8, 4) is 0 Å². The Morgan fingerprint density at radius 3 is 2.48 bits per heavy atom. The summed E-state index contributed by atoms with van der Waals surface area (Å²) in [5.41, 5.74) is 2.06. The highest BCUT2D eigenvalue weighted by Crippen LogP contribution is 2.30. The van der Waals surface area contributed by atoms with Crippen LogP contribution in [0.4, 0.5) is 18.0 Å². The number of rotatable bonds is 3. The summed E-state index contributed by atoms with van der Waals surface area (Å²) in [5.74, 6) is 0. The first-order valence-corrected chi connectivity index (χ1v) is 8.81. The Labute approximate surface area is 156 Å². The van der Waals surface area contributed by atoms with E-state index in [1.807, 2.05) is 36.4 Å². The summed E-state index contributed by atoms with van der Waals surface area (Å²) in [6, 6.07) is 14.3. The van der Waals surface area contributed by atoms with Gasteiger partial charge in [-0.1, -0.05) is 48.5 Å². The number of hydrogen-bond acceptors (Lipinski definition) is 1. The molecule has 0 fully saturated rings. The van der Waals surface area contributed by atoms with E-state index in [-0.39, 0.29) is 6.03 Å². The SMILES string of the molecule is CC(NC(=O)N1CC=C(c2ccccc2)CC1)c1cccc(C(F)(F)F)c1. The number of alkyl halides is 3. The molecule has 0 bridgehead atoms. The predicted molar refractivity (Wildman–Crippen MR) is 99.0 cm³/mol. The number of benzene rings is 2. The Kier molecular flexibility index (Phi) is 5.54. The van der Waals surface area contributed by atoms with Gasteiger partial charge in [0.25, 0.3) is 0 Å². The summed E-state index contributed by atoms with van der Waals surface area (Å²) in [4.78, 5) is 14.1. The highest BCUT2D eigenvalue weighted by molar-refractivity contribution is 5.77. The molecule has 2 aromatic rings. The van der Waals surface area contributed by atoms with Gasteiger partial charge in [-0.3, -0.25) is 0 Å². The van der Waals surface area contributed by atoms with E-state index in [2.05, 4.69) is 5.32 Å². The van der Waals surface area contributed by atoms with E-state index in [4.69, 9.17) is 0 Å². The number of carbonyl (C=O) groups excluding carboxylic acids is 1. The maximum Gasteiger partial charge on any atom is 0.416 e. The van der Waals surface area contributed by atoms with Crippen LogP contribution in [0.2, 0.25) is 0 Å². The van der Waals surface area contributed by atoms with Crippen LogP contribution in [0.5, 0.6) is 0 Å². The summed E-state index contributed by atoms with van der Waals surface area (Å²) in [5, 5.41) is 2.79. The van der Waals surface area contributed by atoms with Crippen molar-refractivity contribution in [1.29, 1.82) is 0 Å². The van der Waals surface area contributed by atoms with Crippen LogP contribution in [-0.2, 0) is 6.18 Å². The van der Waals surface area contributed by atoms with Crippen LogP contribution in [-0.4, -0.2) is 24.0 Å². The minimum absolute atomic E-state index is 0.275. The molecule has 2 aromatic carbocycles. The number of halogens is 3. The molecule has 1 N–H and O–H groups in total. The molecule has 1 unspecified atom stereocenters. The van der Waals surface area contributed by atoms with E-state index < -0.39 is 17.8 Å². The number of nitrogens with one attached hydrogen (secondary N) is 1. The lowest BCUT2D eigenvalue weighted by Gasteiger charge is -2.28. The van der Waals surface area contributed by atoms with E-state index in [9.17, 15) is 18.0 Å². The molecule has 2 amide bonds. The second-order valence-corrected chi connectivity index (χ2v) is 6.59. The molecule has 1 aliphatic heterocycles. The average Bonchev–Trinajstić information content (AvgIpc) is 2.68. The zero-order valence-corrected chi connectivity index (χ0v) is 15.0. The lowest BCUT2D eigenvalue weighted by Crippen LogP contribution is -2.43. The number of carbonyl (C=O) groups is 1. The monoisotopic (exact) mass is 374 g/mol. The van der Waals surface area contributed by atoms with Crippen LogP contribution in [0, 0.1) is 0 Å². The Bertz CT molecular complexity index is 831. The fourth-order valence-electron chi connectivity index (χ4n) is 3.11. The smallest absolute Gasteiger partial charge is 0.331 e. The standard InChI is InChI=1S/C21H21F3N2O/c1-15(18-8-5-9-19(14-18)21(22,23)24)25-20(27)26-12-10-17(11-13-26)16-6-3-2-4-7-16/h2-10,14-15H,11-13H2,1H3,(H,25,27). The van der Waals surface area contributed by atoms with Gasteiger partial charge in [-0.2, -0.15) is 13.2 Å². The van der Waals surface area contributed by atoms with Crippen molar-refractivity contribution in [1.82, 2.24) is 10.2 Å². The molecule has 0 saturated carbocycles. The molecule has 3 nitrogen and oxygen atoms in total. The fourth-order valence-corrected chi connectivity index (χ4v) is 3.11. The van der Waals surface area contributed by atoms with E-state index in [1.54, 1.807) is 17.9 Å². The third-order valence-corrected chi connectivity index (χ3v) is 4.69. The van der Waals surface area contributed by atoms with E-state index in [0.29, 0.717) is 18.7 Å². The molecular weight excluding hydrogens is 353 g/mol. The predicted octanol–water partition coefficient (Wildman–Crippen LogP) is 5.27. The molecular formula is C21H21F3N2O. The van der Waals surface area contributed by atoms with E-state index in [1.165, 1.54) is 11.6 Å². The van der Waals surface area contributed by atoms with E-state index in [0.717, 1.165) is 24.1 Å².